The van der Waals surface area contributed by atoms with Gasteiger partial charge in [-0.05, 0) is 33.1 Å². The molecular formula is C12H21N3O3. The van der Waals surface area contributed by atoms with Crippen LogP contribution < -0.4 is 5.73 Å². The van der Waals surface area contributed by atoms with Crippen LogP contribution in [0.5, 0.6) is 0 Å². The van der Waals surface area contributed by atoms with Crippen LogP contribution in [-0.2, 0) is 21.6 Å². The van der Waals surface area contributed by atoms with E-state index in [1.165, 1.54) is 6.42 Å². The van der Waals surface area contributed by atoms with Crippen LogP contribution in [-0.4, -0.2) is 29.5 Å². The van der Waals surface area contributed by atoms with E-state index in [0.29, 0.717) is 37.6 Å². The van der Waals surface area contributed by atoms with Crippen LogP contribution in [0.3, 0.4) is 0 Å². The molecule has 1 aliphatic rings. The standard InChI is InChI=1S/C12H21N3O3/c1-3-16-7-10-14-11(15-18-10)12(2,13)8-17-9-5-4-6-9/h9H,3-8,13H2,1-2H3. The SMILES string of the molecule is CCOCc1nc(C(C)(N)COC2CCC2)no1. The van der Waals surface area contributed by atoms with Gasteiger partial charge < -0.3 is 19.7 Å². The minimum atomic E-state index is -0.719. The molecule has 1 fully saturated rings. The maximum Gasteiger partial charge on any atom is 0.252 e. The third kappa shape index (κ3) is 3.28. The van der Waals surface area contributed by atoms with Crippen molar-refractivity contribution in [1.29, 1.82) is 0 Å². The van der Waals surface area contributed by atoms with Gasteiger partial charge in [0.25, 0.3) is 5.89 Å². The predicted molar refractivity (Wildman–Crippen MR) is 64.8 cm³/mol. The van der Waals surface area contributed by atoms with Gasteiger partial charge in [-0.25, -0.2) is 0 Å². The van der Waals surface area contributed by atoms with Crippen LogP contribution in [0.15, 0.2) is 4.52 Å². The monoisotopic (exact) mass is 255 g/mol. The van der Waals surface area contributed by atoms with Gasteiger partial charge >= 0.3 is 0 Å². The third-order valence-electron chi connectivity index (χ3n) is 3.08. The maximum absolute atomic E-state index is 6.16. The van der Waals surface area contributed by atoms with Gasteiger partial charge in [0.15, 0.2) is 5.82 Å². The lowest BCUT2D eigenvalue weighted by Gasteiger charge is -2.29. The number of ether oxygens (including phenoxy) is 2. The molecule has 0 bridgehead atoms. The molecule has 1 unspecified atom stereocenters. The molecule has 2 N–H and O–H groups in total. The molecule has 18 heavy (non-hydrogen) atoms. The van der Waals surface area contributed by atoms with Crippen LogP contribution in [0.25, 0.3) is 0 Å². The average Bonchev–Trinajstić information content (AvgIpc) is 2.73. The first-order chi connectivity index (χ1) is 8.62. The van der Waals surface area contributed by atoms with E-state index in [4.69, 9.17) is 19.7 Å². The van der Waals surface area contributed by atoms with Crippen molar-refractivity contribution >= 4 is 0 Å². The minimum absolute atomic E-state index is 0.322. The number of hydrogen-bond donors (Lipinski definition) is 1. The van der Waals surface area contributed by atoms with Gasteiger partial charge in [-0.3, -0.25) is 0 Å². The molecular weight excluding hydrogens is 234 g/mol. The molecule has 1 aliphatic carbocycles. The Labute approximate surface area is 107 Å². The number of rotatable bonds is 7. The lowest BCUT2D eigenvalue weighted by Crippen LogP contribution is -2.41. The zero-order valence-electron chi connectivity index (χ0n) is 11.0. The van der Waals surface area contributed by atoms with E-state index in [-0.39, 0.29) is 0 Å². The lowest BCUT2D eigenvalue weighted by atomic mass is 9.95. The van der Waals surface area contributed by atoms with Crippen molar-refractivity contribution in [2.75, 3.05) is 13.2 Å². The largest absolute Gasteiger partial charge is 0.376 e. The number of hydrogen-bond acceptors (Lipinski definition) is 6. The van der Waals surface area contributed by atoms with Gasteiger partial charge in [-0.15, -0.1) is 0 Å². The first-order valence-corrected chi connectivity index (χ1v) is 6.43. The van der Waals surface area contributed by atoms with Crippen molar-refractivity contribution in [3.05, 3.63) is 11.7 Å². The van der Waals surface area contributed by atoms with Crippen molar-refractivity contribution in [2.24, 2.45) is 5.73 Å². The Morgan fingerprint density at radius 2 is 2.28 bits per heavy atom. The van der Waals surface area contributed by atoms with Gasteiger partial charge in [-0.1, -0.05) is 5.16 Å². The van der Waals surface area contributed by atoms with E-state index in [9.17, 15) is 0 Å². The Hall–Kier alpha value is -0.980. The van der Waals surface area contributed by atoms with Gasteiger partial charge in [0, 0.05) is 6.61 Å². The highest BCUT2D eigenvalue weighted by atomic mass is 16.5. The van der Waals surface area contributed by atoms with Crippen molar-refractivity contribution in [3.63, 3.8) is 0 Å². The van der Waals surface area contributed by atoms with Crippen molar-refractivity contribution in [1.82, 2.24) is 10.1 Å². The highest BCUT2D eigenvalue weighted by molar-refractivity contribution is 5.01. The fourth-order valence-electron chi connectivity index (χ4n) is 1.63. The molecule has 1 atom stereocenters. The lowest BCUT2D eigenvalue weighted by molar-refractivity contribution is -0.0222. The topological polar surface area (TPSA) is 83.4 Å². The summed E-state index contributed by atoms with van der Waals surface area (Å²) in [6.07, 6.45) is 3.84. The summed E-state index contributed by atoms with van der Waals surface area (Å²) >= 11 is 0. The van der Waals surface area contributed by atoms with Gasteiger partial charge in [0.2, 0.25) is 0 Å². The van der Waals surface area contributed by atoms with Crippen LogP contribution in [0, 0.1) is 0 Å². The first-order valence-electron chi connectivity index (χ1n) is 6.43. The molecule has 0 amide bonds. The summed E-state index contributed by atoms with van der Waals surface area (Å²) in [5, 5.41) is 3.89. The molecule has 6 heteroatoms. The van der Waals surface area contributed by atoms with Crippen LogP contribution in [0.2, 0.25) is 0 Å². The third-order valence-corrected chi connectivity index (χ3v) is 3.08. The Morgan fingerprint density at radius 1 is 1.50 bits per heavy atom. The minimum Gasteiger partial charge on any atom is -0.376 e. The Balaban J connectivity index is 1.88. The van der Waals surface area contributed by atoms with E-state index in [1.807, 2.05) is 13.8 Å². The van der Waals surface area contributed by atoms with Gasteiger partial charge in [0.1, 0.15) is 12.1 Å². The summed E-state index contributed by atoms with van der Waals surface area (Å²) in [6, 6.07) is 0. The normalized spacial score (nSPS) is 19.5. The fourth-order valence-corrected chi connectivity index (χ4v) is 1.63. The van der Waals surface area contributed by atoms with E-state index in [1.54, 1.807) is 0 Å². The molecule has 0 saturated heterocycles. The number of nitrogens with zero attached hydrogens (tertiary/aromatic N) is 2. The van der Waals surface area contributed by atoms with E-state index < -0.39 is 5.54 Å². The summed E-state index contributed by atoms with van der Waals surface area (Å²) < 4.78 is 16.0. The van der Waals surface area contributed by atoms with Crippen LogP contribution >= 0.6 is 0 Å². The molecule has 2 rings (SSSR count). The average molecular weight is 255 g/mol. The Bertz CT molecular complexity index is 374. The molecule has 0 aliphatic heterocycles. The number of nitrogens with two attached hydrogens (primary N) is 1. The van der Waals surface area contributed by atoms with Crippen LogP contribution in [0.1, 0.15) is 44.8 Å². The van der Waals surface area contributed by atoms with E-state index >= 15 is 0 Å². The van der Waals surface area contributed by atoms with E-state index in [0.717, 1.165) is 12.8 Å². The Morgan fingerprint density at radius 3 is 2.89 bits per heavy atom. The Kier molecular flexibility index (Phi) is 4.31. The second kappa shape index (κ2) is 5.77. The maximum atomic E-state index is 6.16. The molecule has 1 heterocycles. The predicted octanol–water partition coefficient (Wildman–Crippen LogP) is 1.35. The van der Waals surface area contributed by atoms with Crippen LogP contribution in [0.4, 0.5) is 0 Å². The molecule has 1 saturated carbocycles. The second-order valence-corrected chi connectivity index (χ2v) is 4.93. The van der Waals surface area contributed by atoms with Crippen molar-refractivity contribution in [3.8, 4) is 0 Å². The summed E-state index contributed by atoms with van der Waals surface area (Å²) in [4.78, 5) is 4.23. The molecule has 0 aromatic carbocycles. The summed E-state index contributed by atoms with van der Waals surface area (Å²) in [5.74, 6) is 0.920. The molecule has 0 radical (unpaired) electrons. The zero-order chi connectivity index (χ0) is 13.0. The highest BCUT2D eigenvalue weighted by Gasteiger charge is 2.30. The quantitative estimate of drug-likeness (QED) is 0.791. The van der Waals surface area contributed by atoms with E-state index in [2.05, 4.69) is 10.1 Å². The van der Waals surface area contributed by atoms with Crippen molar-refractivity contribution in [2.45, 2.75) is 51.4 Å². The summed E-state index contributed by atoms with van der Waals surface area (Å²) in [7, 11) is 0. The smallest absolute Gasteiger partial charge is 0.252 e. The molecule has 1 aromatic heterocycles. The molecule has 102 valence electrons. The highest BCUT2D eigenvalue weighted by Crippen LogP contribution is 2.24. The molecule has 0 spiro atoms. The fraction of sp³-hybridized carbons (Fsp3) is 0.833. The number of aromatic nitrogens is 2. The first kappa shape index (κ1) is 13.5. The molecule has 1 aromatic rings. The second-order valence-electron chi connectivity index (χ2n) is 4.93. The van der Waals surface area contributed by atoms with Crippen molar-refractivity contribution < 1.29 is 14.0 Å². The zero-order valence-corrected chi connectivity index (χ0v) is 11.0. The summed E-state index contributed by atoms with van der Waals surface area (Å²) in [5.41, 5.74) is 5.44. The van der Waals surface area contributed by atoms with Gasteiger partial charge in [-0.2, -0.15) is 4.98 Å². The van der Waals surface area contributed by atoms with Gasteiger partial charge in [0.05, 0.1) is 12.7 Å². The molecule has 6 nitrogen and oxygen atoms in total. The summed E-state index contributed by atoms with van der Waals surface area (Å²) in [6.45, 7) is 5.11.